The maximum Gasteiger partial charge on any atom is 0.296 e. The third-order valence-electron chi connectivity index (χ3n) is 4.29. The van der Waals surface area contributed by atoms with Gasteiger partial charge in [0.2, 0.25) is 5.78 Å². The quantitative estimate of drug-likeness (QED) is 0.179. The first-order chi connectivity index (χ1) is 16.0. The Bertz CT molecular complexity index is 1770. The summed E-state index contributed by atoms with van der Waals surface area (Å²) in [6.07, 6.45) is 0.736. The second kappa shape index (κ2) is 9.33. The molecule has 20 heteroatoms. The van der Waals surface area contributed by atoms with Crippen molar-refractivity contribution in [1.29, 1.82) is 5.41 Å². The molecular weight excluding hydrogens is 570 g/mol. The number of ketones is 1. The zero-order chi connectivity index (χ0) is 28.0. The lowest BCUT2D eigenvalue weighted by Crippen LogP contribution is -2.26. The fraction of sp³-hybridized carbons (Fsp3) is 0. The van der Waals surface area contributed by atoms with E-state index in [1.165, 1.54) is 0 Å². The summed E-state index contributed by atoms with van der Waals surface area (Å²) in [4.78, 5) is 9.13. The van der Waals surface area contributed by atoms with Crippen LogP contribution >= 0.6 is 0 Å². The minimum atomic E-state index is -4.85. The smallest absolute Gasteiger partial charge is 0.296 e. The fourth-order valence-corrected chi connectivity index (χ4v) is 5.05. The van der Waals surface area contributed by atoms with E-state index in [4.69, 9.17) is 35.1 Å². The maximum absolute atomic E-state index is 11.9. The molecule has 196 valence electrons. The largest absolute Gasteiger partial charge is 0.398 e. The second-order valence-corrected chi connectivity index (χ2v) is 12.4. The number of nitrogen functional groups attached to an aromatic ring is 2. The first kappa shape index (κ1) is 29.0. The average Bonchev–Trinajstić information content (AvgIpc) is 2.67. The number of hydrogen-bond acceptors (Lipinski definition) is 12. The van der Waals surface area contributed by atoms with E-state index in [1.54, 1.807) is 0 Å². The van der Waals surface area contributed by atoms with Gasteiger partial charge in [0.05, 0.1) is 21.0 Å². The fourth-order valence-electron chi connectivity index (χ4n) is 2.76. The number of carbonyl (C=O) groups is 1. The molecule has 0 amide bonds. The van der Waals surface area contributed by atoms with Crippen molar-refractivity contribution in [2.24, 2.45) is 0 Å². The Morgan fingerprint density at radius 2 is 1.17 bits per heavy atom. The number of carbonyl (C=O) groups excluding carboxylic acids is 1. The third-order valence-corrected chi connectivity index (χ3v) is 7.78. The summed E-state index contributed by atoms with van der Waals surface area (Å²) in [6, 6.07) is 3.96. The van der Waals surface area contributed by atoms with Crippen LogP contribution in [-0.2, 0) is 40.5 Å². The first-order valence-corrected chi connectivity index (χ1v) is 14.4. The van der Waals surface area contributed by atoms with Gasteiger partial charge in [-0.1, -0.05) is 0 Å². The number of Topliss-reactive ketones (excluding diaryl/α,β-unsaturated/α-hetero) is 1. The average molecular weight is 586 g/mol. The second-order valence-electron chi connectivity index (χ2n) is 6.79. The summed E-state index contributed by atoms with van der Waals surface area (Å²) in [6.45, 7) is 0. The van der Waals surface area contributed by atoms with E-state index < -0.39 is 77.2 Å². The molecule has 1 aliphatic carbocycles. The van der Waals surface area contributed by atoms with E-state index >= 15 is 0 Å². The maximum atomic E-state index is 11.9. The van der Waals surface area contributed by atoms with Crippen LogP contribution in [0.4, 0.5) is 11.4 Å². The number of nitrogens with two attached hydrogens (primary N) is 2. The Morgan fingerprint density at radius 1 is 0.667 bits per heavy atom. The molecular formula is C16H15N3O13S4. The Kier molecular flexibility index (Phi) is 7.51. The highest BCUT2D eigenvalue weighted by Gasteiger charge is 2.33. The van der Waals surface area contributed by atoms with Crippen molar-refractivity contribution in [3.05, 3.63) is 46.4 Å². The predicted octanol–water partition coefficient (Wildman–Crippen LogP) is -0.278. The van der Waals surface area contributed by atoms with Gasteiger partial charge >= 0.3 is 0 Å². The summed E-state index contributed by atoms with van der Waals surface area (Å²) in [5.41, 5.74) is 8.38. The molecule has 2 aromatic rings. The molecule has 1 aliphatic rings. The molecule has 0 fully saturated rings. The molecule has 2 aromatic carbocycles. The van der Waals surface area contributed by atoms with Gasteiger partial charge in [0, 0.05) is 5.69 Å². The molecule has 36 heavy (non-hydrogen) atoms. The SMILES string of the molecule is N=C1C(=O)c2c(N)cc(S(=O)(=O)O)cc2C=C1S(=O)(=O)O.Nc1cc(S(=O)(=O)O)ccc1S(=O)(=O)O. The third kappa shape index (κ3) is 6.30. The van der Waals surface area contributed by atoms with Crippen molar-refractivity contribution >= 4 is 69.4 Å². The monoisotopic (exact) mass is 585 g/mol. The molecule has 0 saturated carbocycles. The Hall–Kier alpha value is -3.24. The molecule has 0 heterocycles. The van der Waals surface area contributed by atoms with Crippen molar-refractivity contribution in [1.82, 2.24) is 0 Å². The van der Waals surface area contributed by atoms with Crippen LogP contribution in [0.15, 0.2) is 49.9 Å². The van der Waals surface area contributed by atoms with E-state index in [0.717, 1.165) is 36.4 Å². The number of rotatable bonds is 4. The van der Waals surface area contributed by atoms with Crippen molar-refractivity contribution in [3.8, 4) is 0 Å². The van der Waals surface area contributed by atoms with Gasteiger partial charge in [0.1, 0.15) is 15.5 Å². The Labute approximate surface area is 203 Å². The van der Waals surface area contributed by atoms with Crippen LogP contribution in [0.2, 0.25) is 0 Å². The molecule has 16 nitrogen and oxygen atoms in total. The van der Waals surface area contributed by atoms with E-state index in [9.17, 15) is 38.5 Å². The standard InChI is InChI=1S/C10H8N2O7S2.C6H7NO6S2/c11-6-3-5(20(14,15)16)1-4-2-7(21(17,18)19)9(12)10(13)8(4)6;7-5-3-4(14(8,9)10)1-2-6(5)15(11,12)13/h1-3,12H,11H2,(H,14,15,16)(H,17,18,19);1-3H,7H2,(H,8,9,10)(H,11,12,13). The van der Waals surface area contributed by atoms with Crippen molar-refractivity contribution in [3.63, 3.8) is 0 Å². The highest BCUT2D eigenvalue weighted by atomic mass is 32.2. The zero-order valence-electron chi connectivity index (χ0n) is 17.2. The molecule has 0 atom stereocenters. The molecule has 3 rings (SSSR count). The first-order valence-electron chi connectivity index (χ1n) is 8.63. The van der Waals surface area contributed by atoms with Crippen molar-refractivity contribution in [2.75, 3.05) is 11.5 Å². The van der Waals surface area contributed by atoms with Gasteiger partial charge in [-0.3, -0.25) is 28.4 Å². The Balaban J connectivity index is 0.000000269. The highest BCUT2D eigenvalue weighted by molar-refractivity contribution is 7.91. The number of anilines is 2. The predicted molar refractivity (Wildman–Crippen MR) is 123 cm³/mol. The van der Waals surface area contributed by atoms with E-state index in [-0.39, 0.29) is 16.8 Å². The summed E-state index contributed by atoms with van der Waals surface area (Å²) >= 11 is 0. The minimum Gasteiger partial charge on any atom is -0.398 e. The van der Waals surface area contributed by atoms with Gasteiger partial charge in [-0.05, 0) is 42.0 Å². The highest BCUT2D eigenvalue weighted by Crippen LogP contribution is 2.31. The number of fused-ring (bicyclic) bond motifs is 1. The number of allylic oxidation sites excluding steroid dienone is 1. The summed E-state index contributed by atoms with van der Waals surface area (Å²) in [5, 5.41) is 7.43. The van der Waals surface area contributed by atoms with E-state index in [1.807, 2.05) is 0 Å². The van der Waals surface area contributed by atoms with Crippen LogP contribution in [0, 0.1) is 5.41 Å². The molecule has 0 spiro atoms. The van der Waals surface area contributed by atoms with E-state index in [2.05, 4.69) is 0 Å². The minimum absolute atomic E-state index is 0.240. The van der Waals surface area contributed by atoms with Gasteiger partial charge in [-0.2, -0.15) is 33.7 Å². The molecule has 0 saturated heterocycles. The Morgan fingerprint density at radius 3 is 1.58 bits per heavy atom. The molecule has 0 aromatic heterocycles. The summed E-state index contributed by atoms with van der Waals surface area (Å²) in [5.74, 6) is -1.08. The van der Waals surface area contributed by atoms with E-state index in [0.29, 0.717) is 0 Å². The van der Waals surface area contributed by atoms with Crippen LogP contribution in [0.3, 0.4) is 0 Å². The van der Waals surface area contributed by atoms with Crippen molar-refractivity contribution < 1.29 is 56.7 Å². The van der Waals surface area contributed by atoms with Crippen LogP contribution in [0.1, 0.15) is 15.9 Å². The van der Waals surface area contributed by atoms with Gasteiger partial charge < -0.3 is 11.5 Å². The lowest BCUT2D eigenvalue weighted by atomic mass is 9.93. The molecule has 0 bridgehead atoms. The van der Waals surface area contributed by atoms with Gasteiger partial charge in [-0.15, -0.1) is 0 Å². The zero-order valence-corrected chi connectivity index (χ0v) is 20.5. The van der Waals surface area contributed by atoms with Gasteiger partial charge in [0.25, 0.3) is 40.5 Å². The van der Waals surface area contributed by atoms with Crippen molar-refractivity contribution in [2.45, 2.75) is 14.7 Å². The van der Waals surface area contributed by atoms with Gasteiger partial charge in [-0.25, -0.2) is 0 Å². The van der Waals surface area contributed by atoms with Gasteiger partial charge in [0.15, 0.2) is 0 Å². The topological polar surface area (TPSA) is 310 Å². The molecule has 0 unspecified atom stereocenters. The van der Waals surface area contributed by atoms with Crippen LogP contribution in [0.5, 0.6) is 0 Å². The molecule has 0 aliphatic heterocycles. The normalized spacial score (nSPS) is 14.4. The molecule has 0 radical (unpaired) electrons. The van der Waals surface area contributed by atoms with Crippen LogP contribution in [-0.4, -0.2) is 63.4 Å². The number of hydrogen-bond donors (Lipinski definition) is 7. The lowest BCUT2D eigenvalue weighted by molar-refractivity contribution is 0.106. The van der Waals surface area contributed by atoms with Crippen LogP contribution in [0.25, 0.3) is 6.08 Å². The lowest BCUT2D eigenvalue weighted by Gasteiger charge is -2.17. The molecule has 9 N–H and O–H groups in total. The van der Waals surface area contributed by atoms with Crippen LogP contribution < -0.4 is 11.5 Å². The number of nitrogens with one attached hydrogen (secondary N) is 1. The summed E-state index contributed by atoms with van der Waals surface area (Å²) < 4.78 is 122. The summed E-state index contributed by atoms with van der Waals surface area (Å²) in [7, 11) is -18.4. The number of benzene rings is 2.